The maximum atomic E-state index is 5.99. The van der Waals surface area contributed by atoms with E-state index in [0.29, 0.717) is 5.70 Å². The van der Waals surface area contributed by atoms with E-state index >= 15 is 0 Å². The second-order valence-corrected chi connectivity index (χ2v) is 5.86. The molecule has 0 saturated carbocycles. The molecule has 2 aromatic rings. The van der Waals surface area contributed by atoms with Crippen LogP contribution in [0.1, 0.15) is 18.1 Å². The molecular formula is C21H20N2. The second-order valence-electron chi connectivity index (χ2n) is 5.86. The third kappa shape index (κ3) is 3.49. The summed E-state index contributed by atoms with van der Waals surface area (Å²) in [5.74, 6) is 0. The van der Waals surface area contributed by atoms with Gasteiger partial charge in [0.1, 0.15) is 0 Å². The molecule has 1 aliphatic heterocycles. The standard InChI is InChI=1S/C21H20N2/c1-21(19-10-6-3-7-11-19)13-12-20(22)16-23-15-18(14-21)17-8-4-2-5-9-17/h2-16H,22H2,1H3/b13-12-,18-14+,20-16+,23-15+. The van der Waals surface area contributed by atoms with Gasteiger partial charge in [0.25, 0.3) is 0 Å². The van der Waals surface area contributed by atoms with Gasteiger partial charge in [-0.2, -0.15) is 0 Å². The molecule has 0 bridgehead atoms. The number of benzene rings is 2. The number of nitrogens with zero attached hydrogens (tertiary/aromatic N) is 1. The van der Waals surface area contributed by atoms with Gasteiger partial charge in [-0.3, -0.25) is 4.99 Å². The van der Waals surface area contributed by atoms with Crippen molar-refractivity contribution in [3.63, 3.8) is 0 Å². The molecule has 2 aromatic carbocycles. The molecule has 0 amide bonds. The van der Waals surface area contributed by atoms with Crippen molar-refractivity contribution in [1.82, 2.24) is 0 Å². The highest BCUT2D eigenvalue weighted by atomic mass is 14.7. The van der Waals surface area contributed by atoms with Crippen LogP contribution >= 0.6 is 0 Å². The van der Waals surface area contributed by atoms with E-state index in [9.17, 15) is 0 Å². The van der Waals surface area contributed by atoms with Crippen LogP contribution in [0.4, 0.5) is 0 Å². The average Bonchev–Trinajstić information content (AvgIpc) is 2.67. The molecule has 23 heavy (non-hydrogen) atoms. The van der Waals surface area contributed by atoms with E-state index in [1.54, 1.807) is 6.20 Å². The zero-order valence-electron chi connectivity index (χ0n) is 13.2. The molecule has 0 spiro atoms. The topological polar surface area (TPSA) is 38.4 Å². The summed E-state index contributed by atoms with van der Waals surface area (Å²) in [6.45, 7) is 2.19. The molecule has 1 heterocycles. The summed E-state index contributed by atoms with van der Waals surface area (Å²) >= 11 is 0. The number of aliphatic imine (C=N–C) groups is 1. The third-order valence-corrected chi connectivity index (χ3v) is 4.02. The predicted octanol–water partition coefficient (Wildman–Crippen LogP) is 4.47. The number of rotatable bonds is 2. The summed E-state index contributed by atoms with van der Waals surface area (Å²) in [4.78, 5) is 4.36. The first-order chi connectivity index (χ1) is 11.2. The van der Waals surface area contributed by atoms with Crippen LogP contribution in [-0.4, -0.2) is 6.21 Å². The fourth-order valence-corrected chi connectivity index (χ4v) is 2.69. The zero-order chi connectivity index (χ0) is 16.1. The smallest absolute Gasteiger partial charge is 0.0497 e. The number of nitrogens with two attached hydrogens (primary N) is 1. The lowest BCUT2D eigenvalue weighted by Crippen LogP contribution is -2.17. The Kier molecular flexibility index (Phi) is 4.24. The molecular weight excluding hydrogens is 280 g/mol. The molecule has 0 radical (unpaired) electrons. The largest absolute Gasteiger partial charge is 0.397 e. The Morgan fingerprint density at radius 1 is 0.913 bits per heavy atom. The normalized spacial score (nSPS) is 28.2. The van der Waals surface area contributed by atoms with Crippen LogP contribution < -0.4 is 5.73 Å². The van der Waals surface area contributed by atoms with Gasteiger partial charge < -0.3 is 5.73 Å². The first-order valence-electron chi connectivity index (χ1n) is 7.69. The monoisotopic (exact) mass is 300 g/mol. The molecule has 0 fully saturated rings. The quantitative estimate of drug-likeness (QED) is 0.873. The number of hydrogen-bond donors (Lipinski definition) is 1. The average molecular weight is 300 g/mol. The highest BCUT2D eigenvalue weighted by Crippen LogP contribution is 2.31. The predicted molar refractivity (Wildman–Crippen MR) is 98.1 cm³/mol. The van der Waals surface area contributed by atoms with E-state index in [2.05, 4.69) is 60.5 Å². The summed E-state index contributed by atoms with van der Waals surface area (Å²) in [7, 11) is 0. The van der Waals surface area contributed by atoms with Crippen LogP contribution in [0.3, 0.4) is 0 Å². The van der Waals surface area contributed by atoms with Crippen molar-refractivity contribution in [2.24, 2.45) is 10.7 Å². The molecule has 2 N–H and O–H groups in total. The molecule has 114 valence electrons. The lowest BCUT2D eigenvalue weighted by molar-refractivity contribution is 0.759. The van der Waals surface area contributed by atoms with Crippen LogP contribution in [0.5, 0.6) is 0 Å². The number of allylic oxidation sites excluding steroid dienone is 4. The Bertz CT molecular complexity index is 783. The third-order valence-electron chi connectivity index (χ3n) is 4.02. The van der Waals surface area contributed by atoms with Gasteiger partial charge in [0.05, 0.1) is 0 Å². The molecule has 2 nitrogen and oxygen atoms in total. The van der Waals surface area contributed by atoms with Gasteiger partial charge in [-0.05, 0) is 29.7 Å². The van der Waals surface area contributed by atoms with Gasteiger partial charge in [-0.15, -0.1) is 0 Å². The van der Waals surface area contributed by atoms with E-state index in [4.69, 9.17) is 5.73 Å². The van der Waals surface area contributed by atoms with Crippen LogP contribution in [0.15, 0.2) is 95.8 Å². The van der Waals surface area contributed by atoms with E-state index < -0.39 is 0 Å². The fraction of sp³-hybridized carbons (Fsp3) is 0.0952. The molecule has 0 saturated heterocycles. The Morgan fingerprint density at radius 2 is 1.57 bits per heavy atom. The summed E-state index contributed by atoms with van der Waals surface area (Å²) in [5, 5.41) is 0. The van der Waals surface area contributed by atoms with Crippen molar-refractivity contribution in [2.45, 2.75) is 12.3 Å². The SMILES string of the molecule is CC1(c2ccccc2)\C=C/C(N)=C\N=C\C(c2ccccc2)=C/1. The van der Waals surface area contributed by atoms with Crippen LogP contribution in [0.25, 0.3) is 5.57 Å². The number of hydrogen-bond acceptors (Lipinski definition) is 2. The van der Waals surface area contributed by atoms with Crippen molar-refractivity contribution < 1.29 is 0 Å². The van der Waals surface area contributed by atoms with Crippen LogP contribution in [-0.2, 0) is 5.41 Å². The minimum absolute atomic E-state index is 0.263. The fourth-order valence-electron chi connectivity index (χ4n) is 2.69. The molecule has 0 aliphatic carbocycles. The highest BCUT2D eigenvalue weighted by Gasteiger charge is 2.22. The van der Waals surface area contributed by atoms with E-state index in [1.807, 2.05) is 36.6 Å². The summed E-state index contributed by atoms with van der Waals surface area (Å²) in [5.41, 5.74) is 9.81. The lowest BCUT2D eigenvalue weighted by Gasteiger charge is -2.24. The van der Waals surface area contributed by atoms with Gasteiger partial charge >= 0.3 is 0 Å². The van der Waals surface area contributed by atoms with E-state index in [-0.39, 0.29) is 5.41 Å². The molecule has 1 aliphatic rings. The van der Waals surface area contributed by atoms with E-state index in [1.165, 1.54) is 5.56 Å². The zero-order valence-corrected chi connectivity index (χ0v) is 13.2. The first-order valence-corrected chi connectivity index (χ1v) is 7.69. The maximum absolute atomic E-state index is 5.99. The van der Waals surface area contributed by atoms with Gasteiger partial charge in [0.2, 0.25) is 0 Å². The van der Waals surface area contributed by atoms with Crippen molar-refractivity contribution >= 4 is 11.8 Å². The van der Waals surface area contributed by atoms with Crippen molar-refractivity contribution in [2.75, 3.05) is 0 Å². The Hall–Kier alpha value is -2.87. The lowest BCUT2D eigenvalue weighted by atomic mass is 9.79. The summed E-state index contributed by atoms with van der Waals surface area (Å²) in [6.07, 6.45) is 9.85. The first kappa shape index (κ1) is 15.0. The van der Waals surface area contributed by atoms with Crippen LogP contribution in [0, 0.1) is 0 Å². The van der Waals surface area contributed by atoms with E-state index in [0.717, 1.165) is 11.1 Å². The molecule has 2 heteroatoms. The van der Waals surface area contributed by atoms with Gasteiger partial charge in [-0.1, -0.05) is 72.8 Å². The Morgan fingerprint density at radius 3 is 2.26 bits per heavy atom. The summed E-state index contributed by atoms with van der Waals surface area (Å²) in [6, 6.07) is 20.7. The van der Waals surface area contributed by atoms with Crippen molar-refractivity contribution in [3.8, 4) is 0 Å². The minimum Gasteiger partial charge on any atom is -0.397 e. The van der Waals surface area contributed by atoms with Crippen LogP contribution in [0.2, 0.25) is 0 Å². The minimum atomic E-state index is -0.263. The molecule has 3 rings (SSSR count). The highest BCUT2D eigenvalue weighted by molar-refractivity contribution is 6.10. The molecule has 1 unspecified atom stereocenters. The van der Waals surface area contributed by atoms with Gasteiger partial charge in [0.15, 0.2) is 0 Å². The maximum Gasteiger partial charge on any atom is 0.0497 e. The Labute approximate surface area is 137 Å². The Balaban J connectivity index is 2.17. The second kappa shape index (κ2) is 6.49. The molecule has 1 atom stereocenters. The summed E-state index contributed by atoms with van der Waals surface area (Å²) < 4.78 is 0. The van der Waals surface area contributed by atoms with Crippen molar-refractivity contribution in [1.29, 1.82) is 0 Å². The molecule has 0 aromatic heterocycles. The van der Waals surface area contributed by atoms with Crippen molar-refractivity contribution in [3.05, 3.63) is 102 Å². The van der Waals surface area contributed by atoms with Gasteiger partial charge in [0, 0.05) is 23.5 Å². The van der Waals surface area contributed by atoms with Gasteiger partial charge in [-0.25, -0.2) is 0 Å².